The van der Waals surface area contributed by atoms with E-state index in [1.807, 2.05) is 42.5 Å². The van der Waals surface area contributed by atoms with Crippen LogP contribution in [0.4, 0.5) is 11.4 Å². The fraction of sp³-hybridized carbons (Fsp3) is 0. The van der Waals surface area contributed by atoms with Crippen molar-refractivity contribution in [1.82, 2.24) is 9.97 Å². The van der Waals surface area contributed by atoms with Crippen molar-refractivity contribution in [3.63, 3.8) is 0 Å². The van der Waals surface area contributed by atoms with E-state index in [9.17, 15) is 10.2 Å². The number of aromatic amines is 1. The van der Waals surface area contributed by atoms with Gasteiger partial charge in [-0.2, -0.15) is 0 Å². The standard InChI is InChI=1S/C27H16Cl4N4O2/c28-17-7-15(25(36)21(30)9-17)12-32-19-3-1-14(2-4-19)27-34-23-6-5-20(11-24(23)35-27)33-13-16-8-18(29)10-22(31)26(16)37/h1-13,36-37H,(H,34,35). The van der Waals surface area contributed by atoms with Crippen molar-refractivity contribution in [2.45, 2.75) is 0 Å². The summed E-state index contributed by atoms with van der Waals surface area (Å²) in [6, 6.07) is 19.1. The van der Waals surface area contributed by atoms with E-state index in [0.29, 0.717) is 38.4 Å². The van der Waals surface area contributed by atoms with Crippen LogP contribution in [0.15, 0.2) is 76.7 Å². The smallest absolute Gasteiger partial charge is 0.143 e. The van der Waals surface area contributed by atoms with Gasteiger partial charge in [0.1, 0.15) is 17.3 Å². The summed E-state index contributed by atoms with van der Waals surface area (Å²) in [7, 11) is 0. The number of hydrogen-bond donors (Lipinski definition) is 3. The average Bonchev–Trinajstić information content (AvgIpc) is 3.30. The Morgan fingerprint density at radius 3 is 1.81 bits per heavy atom. The van der Waals surface area contributed by atoms with Crippen molar-refractivity contribution in [3.05, 3.63) is 97.9 Å². The Bertz CT molecular complexity index is 1700. The molecule has 0 atom stereocenters. The van der Waals surface area contributed by atoms with Crippen molar-refractivity contribution in [3.8, 4) is 22.9 Å². The van der Waals surface area contributed by atoms with Gasteiger partial charge in [0.2, 0.25) is 0 Å². The first-order valence-corrected chi connectivity index (χ1v) is 12.3. The van der Waals surface area contributed by atoms with E-state index in [2.05, 4.69) is 20.0 Å². The Labute approximate surface area is 231 Å². The first kappa shape index (κ1) is 25.1. The van der Waals surface area contributed by atoms with Crippen LogP contribution < -0.4 is 0 Å². The Hall–Kier alpha value is -3.55. The van der Waals surface area contributed by atoms with Crippen LogP contribution in [0.1, 0.15) is 11.1 Å². The second kappa shape index (κ2) is 10.4. The highest BCUT2D eigenvalue weighted by atomic mass is 35.5. The van der Waals surface area contributed by atoms with Crippen LogP contribution >= 0.6 is 46.4 Å². The molecule has 0 saturated carbocycles. The summed E-state index contributed by atoms with van der Waals surface area (Å²) in [4.78, 5) is 16.8. The van der Waals surface area contributed by atoms with E-state index in [0.717, 1.165) is 16.6 Å². The van der Waals surface area contributed by atoms with Crippen molar-refractivity contribution in [1.29, 1.82) is 0 Å². The molecule has 0 aliphatic heterocycles. The van der Waals surface area contributed by atoms with Crippen LogP contribution in [-0.4, -0.2) is 32.6 Å². The summed E-state index contributed by atoms with van der Waals surface area (Å²) in [5.74, 6) is 0.524. The van der Waals surface area contributed by atoms with Crippen molar-refractivity contribution in [2.75, 3.05) is 0 Å². The number of nitrogens with zero attached hydrogens (tertiary/aromatic N) is 3. The lowest BCUT2D eigenvalue weighted by Crippen LogP contribution is -1.84. The molecule has 0 spiro atoms. The number of rotatable bonds is 5. The lowest BCUT2D eigenvalue weighted by atomic mass is 10.2. The van der Waals surface area contributed by atoms with E-state index in [1.165, 1.54) is 24.6 Å². The molecule has 10 heteroatoms. The Balaban J connectivity index is 1.36. The molecule has 1 heterocycles. The number of hydrogen-bond acceptors (Lipinski definition) is 5. The second-order valence-electron chi connectivity index (χ2n) is 8.00. The van der Waals surface area contributed by atoms with Gasteiger partial charge in [-0.1, -0.05) is 46.4 Å². The molecular formula is C27H16Cl4N4O2. The van der Waals surface area contributed by atoms with Crippen molar-refractivity contribution in [2.24, 2.45) is 9.98 Å². The van der Waals surface area contributed by atoms with Gasteiger partial charge in [0, 0.05) is 39.2 Å². The van der Waals surface area contributed by atoms with E-state index < -0.39 is 0 Å². The van der Waals surface area contributed by atoms with Crippen molar-refractivity contribution < 1.29 is 10.2 Å². The topological polar surface area (TPSA) is 93.9 Å². The molecule has 6 nitrogen and oxygen atoms in total. The predicted octanol–water partition coefficient (Wildman–Crippen LogP) is 8.76. The molecule has 0 aliphatic carbocycles. The minimum Gasteiger partial charge on any atom is -0.506 e. The summed E-state index contributed by atoms with van der Waals surface area (Å²) in [5.41, 5.74) is 4.62. The monoisotopic (exact) mass is 568 g/mol. The van der Waals surface area contributed by atoms with Gasteiger partial charge >= 0.3 is 0 Å². The minimum atomic E-state index is -0.0827. The average molecular weight is 570 g/mol. The maximum atomic E-state index is 10.1. The van der Waals surface area contributed by atoms with Crippen LogP contribution in [0.25, 0.3) is 22.4 Å². The number of aliphatic imine (C=N–C) groups is 2. The summed E-state index contributed by atoms with van der Waals surface area (Å²) in [6.07, 6.45) is 3.00. The summed E-state index contributed by atoms with van der Waals surface area (Å²) in [5, 5.41) is 21.3. The number of aromatic hydroxyl groups is 2. The number of fused-ring (bicyclic) bond motifs is 1. The molecule has 4 aromatic carbocycles. The fourth-order valence-corrected chi connectivity index (χ4v) is 4.60. The van der Waals surface area contributed by atoms with E-state index in [4.69, 9.17) is 46.4 Å². The molecule has 5 aromatic rings. The predicted molar refractivity (Wildman–Crippen MR) is 152 cm³/mol. The van der Waals surface area contributed by atoms with Gasteiger partial charge in [0.15, 0.2) is 0 Å². The molecule has 0 radical (unpaired) electrons. The van der Waals surface area contributed by atoms with Gasteiger partial charge in [-0.05, 0) is 66.7 Å². The third-order valence-corrected chi connectivity index (χ3v) is 6.44. The van der Waals surface area contributed by atoms with Gasteiger partial charge in [0.05, 0.1) is 32.5 Å². The molecule has 0 bridgehead atoms. The van der Waals surface area contributed by atoms with E-state index in [1.54, 1.807) is 12.1 Å². The maximum Gasteiger partial charge on any atom is 0.143 e. The van der Waals surface area contributed by atoms with E-state index >= 15 is 0 Å². The largest absolute Gasteiger partial charge is 0.506 e. The highest BCUT2D eigenvalue weighted by Gasteiger charge is 2.09. The number of imidazole rings is 1. The summed E-state index contributed by atoms with van der Waals surface area (Å²) >= 11 is 24.0. The third-order valence-electron chi connectivity index (χ3n) is 5.43. The lowest BCUT2D eigenvalue weighted by molar-refractivity contribution is 0.474. The summed E-state index contributed by atoms with van der Waals surface area (Å²) < 4.78 is 0. The van der Waals surface area contributed by atoms with Crippen LogP contribution in [-0.2, 0) is 0 Å². The van der Waals surface area contributed by atoms with Gasteiger partial charge < -0.3 is 15.2 Å². The first-order chi connectivity index (χ1) is 17.8. The van der Waals surface area contributed by atoms with Crippen LogP contribution in [0.3, 0.4) is 0 Å². The molecule has 0 aliphatic rings. The van der Waals surface area contributed by atoms with Crippen LogP contribution in [0.2, 0.25) is 20.1 Å². The van der Waals surface area contributed by atoms with Gasteiger partial charge in [-0.25, -0.2) is 4.98 Å². The fourth-order valence-electron chi connectivity index (χ4n) is 3.58. The Kier molecular flexibility index (Phi) is 7.09. The number of H-pyrrole nitrogens is 1. The van der Waals surface area contributed by atoms with Crippen LogP contribution in [0.5, 0.6) is 11.5 Å². The first-order valence-electron chi connectivity index (χ1n) is 10.8. The SMILES string of the molecule is Oc1c(Cl)cc(Cl)cc1C=Nc1ccc(-c2nc3ccc(N=Cc4cc(Cl)cc(Cl)c4O)cc3[nH]2)cc1. The number of benzene rings is 4. The number of nitrogens with one attached hydrogen (secondary N) is 1. The third kappa shape index (κ3) is 5.58. The van der Waals surface area contributed by atoms with Gasteiger partial charge in [-0.3, -0.25) is 9.98 Å². The quantitative estimate of drug-likeness (QED) is 0.185. The summed E-state index contributed by atoms with van der Waals surface area (Å²) in [6.45, 7) is 0. The Morgan fingerprint density at radius 1 is 0.676 bits per heavy atom. The molecule has 0 unspecified atom stereocenters. The number of halogens is 4. The second-order valence-corrected chi connectivity index (χ2v) is 9.69. The highest BCUT2D eigenvalue weighted by molar-refractivity contribution is 6.36. The maximum absolute atomic E-state index is 10.1. The lowest BCUT2D eigenvalue weighted by Gasteiger charge is -2.02. The Morgan fingerprint density at radius 2 is 1.22 bits per heavy atom. The molecule has 0 fully saturated rings. The number of aromatic nitrogens is 2. The highest BCUT2D eigenvalue weighted by Crippen LogP contribution is 2.32. The minimum absolute atomic E-state index is 0.0782. The number of phenols is 2. The molecule has 37 heavy (non-hydrogen) atoms. The normalized spacial score (nSPS) is 11.8. The molecule has 184 valence electrons. The molecule has 5 rings (SSSR count). The zero-order chi connectivity index (χ0) is 26.1. The van der Waals surface area contributed by atoms with Gasteiger partial charge in [0.25, 0.3) is 0 Å². The van der Waals surface area contributed by atoms with Gasteiger partial charge in [-0.15, -0.1) is 0 Å². The van der Waals surface area contributed by atoms with Crippen LogP contribution in [0, 0.1) is 0 Å². The molecule has 0 saturated heterocycles. The molecule has 1 aromatic heterocycles. The molecule has 0 amide bonds. The molecule has 3 N–H and O–H groups in total. The zero-order valence-electron chi connectivity index (χ0n) is 18.8. The molecular weight excluding hydrogens is 554 g/mol. The van der Waals surface area contributed by atoms with E-state index in [-0.39, 0.29) is 21.5 Å². The zero-order valence-corrected chi connectivity index (χ0v) is 21.8. The van der Waals surface area contributed by atoms with Crippen molar-refractivity contribution >= 4 is 81.2 Å². The number of phenolic OH excluding ortho intramolecular Hbond substituents is 2.